The predicted molar refractivity (Wildman–Crippen MR) is 98.3 cm³/mol. The van der Waals surface area contributed by atoms with Gasteiger partial charge in [0, 0.05) is 12.3 Å². The molecule has 7 nitrogen and oxygen atoms in total. The molecule has 0 aliphatic rings. The second-order valence-corrected chi connectivity index (χ2v) is 8.21. The van der Waals surface area contributed by atoms with E-state index in [0.717, 1.165) is 21.5 Å². The van der Waals surface area contributed by atoms with Gasteiger partial charge in [-0.3, -0.25) is 4.79 Å². The van der Waals surface area contributed by atoms with Crippen LogP contribution in [-0.2, 0) is 12.7 Å². The van der Waals surface area contributed by atoms with Crippen LogP contribution in [0.25, 0.3) is 0 Å². The third-order valence-corrected chi connectivity index (χ3v) is 5.46. The molecule has 2 aromatic heterocycles. The fraction of sp³-hybridized carbons (Fsp3) is 0.312. The molecule has 3 rings (SSSR count). The van der Waals surface area contributed by atoms with Gasteiger partial charge in [0.25, 0.3) is 5.91 Å². The maximum atomic E-state index is 12.8. The van der Waals surface area contributed by atoms with Crippen LogP contribution in [0.15, 0.2) is 34.8 Å². The molecule has 0 unspecified atom stereocenters. The number of amides is 1. The Morgan fingerprint density at radius 2 is 2.11 bits per heavy atom. The summed E-state index contributed by atoms with van der Waals surface area (Å²) in [4.78, 5) is 12.1. The van der Waals surface area contributed by atoms with Gasteiger partial charge < -0.3 is 5.32 Å². The molecule has 148 valence electrons. The number of halogens is 3. The molecule has 0 spiro atoms. The number of aryl methyl sites for hydroxylation is 1. The van der Waals surface area contributed by atoms with Crippen molar-refractivity contribution in [2.45, 2.75) is 24.0 Å². The molecule has 0 bridgehead atoms. The van der Waals surface area contributed by atoms with Gasteiger partial charge in [-0.05, 0) is 24.6 Å². The van der Waals surface area contributed by atoms with Gasteiger partial charge in [-0.2, -0.15) is 13.2 Å². The highest BCUT2D eigenvalue weighted by molar-refractivity contribution is 8.01. The number of carbonyl (C=O) groups excluding carboxylic acids is 1. The minimum absolute atomic E-state index is 0.0798. The monoisotopic (exact) mass is 428 g/mol. The van der Waals surface area contributed by atoms with E-state index in [4.69, 9.17) is 0 Å². The standard InChI is InChI=1S/C16H15F3N6OS2/c1-10-21-23-15(28-10)27-6-5-20-14(26)13-9-25(24-22-13)8-11-3-2-4-12(7-11)16(17,18)19/h2-4,7,9H,5-6,8H2,1H3,(H,20,26). The van der Waals surface area contributed by atoms with Crippen LogP contribution in [0.4, 0.5) is 13.2 Å². The average molecular weight is 428 g/mol. The maximum Gasteiger partial charge on any atom is 0.416 e. The van der Waals surface area contributed by atoms with Crippen molar-refractivity contribution < 1.29 is 18.0 Å². The molecule has 0 saturated carbocycles. The van der Waals surface area contributed by atoms with Gasteiger partial charge in [0.15, 0.2) is 10.0 Å². The number of carbonyl (C=O) groups is 1. The van der Waals surface area contributed by atoms with E-state index >= 15 is 0 Å². The summed E-state index contributed by atoms with van der Waals surface area (Å²) in [5.41, 5.74) is -0.217. The number of alkyl halides is 3. The average Bonchev–Trinajstić information content (AvgIpc) is 3.27. The Morgan fingerprint density at radius 3 is 2.82 bits per heavy atom. The molecule has 0 saturated heterocycles. The van der Waals surface area contributed by atoms with Crippen molar-refractivity contribution in [3.8, 4) is 0 Å². The van der Waals surface area contributed by atoms with Gasteiger partial charge in [-0.15, -0.1) is 15.3 Å². The number of nitrogens with zero attached hydrogens (tertiary/aromatic N) is 5. The molecule has 0 fully saturated rings. The first-order chi connectivity index (χ1) is 13.3. The van der Waals surface area contributed by atoms with Crippen molar-refractivity contribution in [2.24, 2.45) is 0 Å². The first kappa shape index (κ1) is 20.3. The van der Waals surface area contributed by atoms with Gasteiger partial charge in [0.1, 0.15) is 5.01 Å². The molecule has 3 aromatic rings. The largest absolute Gasteiger partial charge is 0.416 e. The lowest BCUT2D eigenvalue weighted by atomic mass is 10.1. The minimum atomic E-state index is -4.41. The van der Waals surface area contributed by atoms with E-state index in [-0.39, 0.29) is 12.2 Å². The van der Waals surface area contributed by atoms with Crippen LogP contribution in [0.3, 0.4) is 0 Å². The highest BCUT2D eigenvalue weighted by Crippen LogP contribution is 2.29. The smallest absolute Gasteiger partial charge is 0.350 e. The minimum Gasteiger partial charge on any atom is -0.350 e. The first-order valence-electron chi connectivity index (χ1n) is 8.08. The van der Waals surface area contributed by atoms with Gasteiger partial charge in [0.05, 0.1) is 18.3 Å². The third-order valence-electron chi connectivity index (χ3n) is 3.49. The molecule has 12 heteroatoms. The molecule has 2 heterocycles. The summed E-state index contributed by atoms with van der Waals surface area (Å²) in [6.07, 6.45) is -3.01. The molecule has 28 heavy (non-hydrogen) atoms. The molecule has 0 atom stereocenters. The van der Waals surface area contributed by atoms with Gasteiger partial charge in [-0.25, -0.2) is 4.68 Å². The summed E-state index contributed by atoms with van der Waals surface area (Å²) in [6.45, 7) is 2.35. The SMILES string of the molecule is Cc1nnc(SCCNC(=O)c2cn(Cc3cccc(C(F)(F)F)c3)nn2)s1. The predicted octanol–water partition coefficient (Wildman–Crippen LogP) is 3.03. The van der Waals surface area contributed by atoms with Gasteiger partial charge in [0.2, 0.25) is 0 Å². The quantitative estimate of drug-likeness (QED) is 0.460. The number of benzene rings is 1. The topological polar surface area (TPSA) is 85.6 Å². The first-order valence-corrected chi connectivity index (χ1v) is 9.89. The number of aromatic nitrogens is 5. The lowest BCUT2D eigenvalue weighted by Gasteiger charge is -2.08. The highest BCUT2D eigenvalue weighted by Gasteiger charge is 2.30. The van der Waals surface area contributed by atoms with E-state index in [1.807, 2.05) is 6.92 Å². The Hall–Kier alpha value is -2.47. The number of thioether (sulfide) groups is 1. The molecule has 1 amide bonds. The lowest BCUT2D eigenvalue weighted by molar-refractivity contribution is -0.137. The van der Waals surface area contributed by atoms with Crippen LogP contribution < -0.4 is 5.32 Å². The molecule has 1 aromatic carbocycles. The zero-order chi connectivity index (χ0) is 20.1. The Morgan fingerprint density at radius 1 is 1.29 bits per heavy atom. The van der Waals surface area contributed by atoms with E-state index in [1.165, 1.54) is 40.0 Å². The fourth-order valence-corrected chi connectivity index (χ4v) is 3.98. The Balaban J connectivity index is 1.51. The van der Waals surface area contributed by atoms with Crippen LogP contribution in [0.2, 0.25) is 0 Å². The normalized spacial score (nSPS) is 11.6. The van der Waals surface area contributed by atoms with Crippen molar-refractivity contribution in [1.29, 1.82) is 0 Å². The molecule has 0 radical (unpaired) electrons. The van der Waals surface area contributed by atoms with Crippen molar-refractivity contribution in [3.05, 3.63) is 52.3 Å². The Labute approximate surface area is 166 Å². The summed E-state index contributed by atoms with van der Waals surface area (Å²) in [7, 11) is 0. The van der Waals surface area contributed by atoms with E-state index in [0.29, 0.717) is 17.9 Å². The van der Waals surface area contributed by atoms with Gasteiger partial charge >= 0.3 is 6.18 Å². The highest BCUT2D eigenvalue weighted by atomic mass is 32.2. The summed E-state index contributed by atoms with van der Waals surface area (Å²) < 4.78 is 40.5. The lowest BCUT2D eigenvalue weighted by Crippen LogP contribution is -2.26. The van der Waals surface area contributed by atoms with E-state index in [9.17, 15) is 18.0 Å². The summed E-state index contributed by atoms with van der Waals surface area (Å²) >= 11 is 2.97. The third kappa shape index (κ3) is 5.52. The van der Waals surface area contributed by atoms with Crippen molar-refractivity contribution >= 4 is 29.0 Å². The van der Waals surface area contributed by atoms with Crippen LogP contribution >= 0.6 is 23.1 Å². The zero-order valence-electron chi connectivity index (χ0n) is 14.6. The summed E-state index contributed by atoms with van der Waals surface area (Å²) in [6, 6.07) is 4.95. The fourth-order valence-electron chi connectivity index (χ4n) is 2.24. The Kier molecular flexibility index (Phi) is 6.29. The number of nitrogens with one attached hydrogen (secondary N) is 1. The van der Waals surface area contributed by atoms with Crippen molar-refractivity contribution in [2.75, 3.05) is 12.3 Å². The molecule has 1 N–H and O–H groups in total. The van der Waals surface area contributed by atoms with Crippen LogP contribution in [0.1, 0.15) is 26.6 Å². The zero-order valence-corrected chi connectivity index (χ0v) is 16.2. The second kappa shape index (κ2) is 8.69. The Bertz CT molecular complexity index is 956. The molecular weight excluding hydrogens is 413 g/mol. The maximum absolute atomic E-state index is 12.8. The van der Waals surface area contributed by atoms with Crippen LogP contribution in [0.5, 0.6) is 0 Å². The molecular formula is C16H15F3N6OS2. The molecule has 0 aliphatic heterocycles. The molecule has 0 aliphatic carbocycles. The van der Waals surface area contributed by atoms with Crippen LogP contribution in [-0.4, -0.2) is 43.4 Å². The van der Waals surface area contributed by atoms with Crippen molar-refractivity contribution in [1.82, 2.24) is 30.5 Å². The number of hydrogen-bond acceptors (Lipinski definition) is 7. The summed E-state index contributed by atoms with van der Waals surface area (Å²) in [5, 5.41) is 19.1. The van der Waals surface area contributed by atoms with E-state index in [2.05, 4.69) is 25.8 Å². The number of hydrogen-bond donors (Lipinski definition) is 1. The summed E-state index contributed by atoms with van der Waals surface area (Å²) in [5.74, 6) is 0.225. The van der Waals surface area contributed by atoms with E-state index < -0.39 is 17.6 Å². The number of rotatable bonds is 7. The van der Waals surface area contributed by atoms with E-state index in [1.54, 1.807) is 6.07 Å². The van der Waals surface area contributed by atoms with Crippen molar-refractivity contribution in [3.63, 3.8) is 0 Å². The second-order valence-electron chi connectivity index (χ2n) is 5.69. The van der Waals surface area contributed by atoms with Crippen LogP contribution in [0, 0.1) is 6.92 Å². The van der Waals surface area contributed by atoms with Gasteiger partial charge in [-0.1, -0.05) is 40.4 Å².